The zero-order chi connectivity index (χ0) is 19.4. The molecule has 2 aromatic rings. The molecule has 6 heteroatoms. The van der Waals surface area contributed by atoms with Crippen molar-refractivity contribution in [1.82, 2.24) is 4.90 Å². The fraction of sp³-hybridized carbons (Fsp3) is 0.333. The van der Waals surface area contributed by atoms with Gasteiger partial charge in [-0.05, 0) is 30.2 Å². The molecule has 0 spiro atoms. The van der Waals surface area contributed by atoms with E-state index in [2.05, 4.69) is 5.32 Å². The monoisotopic (exact) mass is 368 g/mol. The first-order valence-corrected chi connectivity index (χ1v) is 8.99. The maximum Gasteiger partial charge on any atom is 0.247 e. The summed E-state index contributed by atoms with van der Waals surface area (Å²) in [6.45, 7) is 4.35. The Hall–Kier alpha value is -3.02. The lowest BCUT2D eigenvalue weighted by Gasteiger charge is -2.35. The van der Waals surface area contributed by atoms with Gasteiger partial charge in [-0.15, -0.1) is 0 Å². The molecular formula is C21H24N2O4. The second-order valence-corrected chi connectivity index (χ2v) is 6.42. The summed E-state index contributed by atoms with van der Waals surface area (Å²) in [5.41, 5.74) is 2.78. The van der Waals surface area contributed by atoms with Crippen LogP contribution in [0.15, 0.2) is 42.5 Å². The van der Waals surface area contributed by atoms with Crippen molar-refractivity contribution in [3.8, 4) is 11.5 Å². The van der Waals surface area contributed by atoms with Gasteiger partial charge in [-0.2, -0.15) is 0 Å². The molecule has 6 nitrogen and oxygen atoms in total. The third-order valence-corrected chi connectivity index (χ3v) is 4.69. The fourth-order valence-electron chi connectivity index (χ4n) is 3.33. The minimum Gasteiger partial charge on any atom is -0.493 e. The second kappa shape index (κ2) is 8.12. The van der Waals surface area contributed by atoms with E-state index in [4.69, 9.17) is 9.47 Å². The van der Waals surface area contributed by atoms with Gasteiger partial charge in [0.15, 0.2) is 11.5 Å². The molecular weight excluding hydrogens is 344 g/mol. The average molecular weight is 368 g/mol. The Morgan fingerprint density at radius 1 is 1.15 bits per heavy atom. The summed E-state index contributed by atoms with van der Waals surface area (Å²) in [6, 6.07) is 12.6. The molecule has 0 bridgehead atoms. The lowest BCUT2D eigenvalue weighted by atomic mass is 9.93. The Morgan fingerprint density at radius 3 is 2.56 bits per heavy atom. The van der Waals surface area contributed by atoms with E-state index >= 15 is 0 Å². The summed E-state index contributed by atoms with van der Waals surface area (Å²) in [5.74, 6) is 0.835. The molecule has 2 aromatic carbocycles. The minimum atomic E-state index is -0.546. The van der Waals surface area contributed by atoms with E-state index in [0.717, 1.165) is 11.1 Å². The predicted octanol–water partition coefficient (Wildman–Crippen LogP) is 3.01. The lowest BCUT2D eigenvalue weighted by molar-refractivity contribution is -0.138. The fourth-order valence-corrected chi connectivity index (χ4v) is 3.33. The van der Waals surface area contributed by atoms with E-state index in [0.29, 0.717) is 36.8 Å². The number of hydrogen-bond acceptors (Lipinski definition) is 4. The number of carbonyl (C=O) groups excluding carboxylic acids is 2. The van der Waals surface area contributed by atoms with Crippen molar-refractivity contribution in [3.63, 3.8) is 0 Å². The minimum absolute atomic E-state index is 0.117. The maximum atomic E-state index is 12.9. The van der Waals surface area contributed by atoms with Crippen LogP contribution in [0.1, 0.15) is 25.0 Å². The first-order valence-electron chi connectivity index (χ1n) is 8.99. The number of rotatable bonds is 5. The van der Waals surface area contributed by atoms with Gasteiger partial charge in [-0.1, -0.05) is 24.3 Å². The van der Waals surface area contributed by atoms with Crippen LogP contribution < -0.4 is 14.8 Å². The van der Waals surface area contributed by atoms with E-state index in [1.807, 2.05) is 31.2 Å². The summed E-state index contributed by atoms with van der Waals surface area (Å²) >= 11 is 0. The molecule has 2 amide bonds. The number of carbonyl (C=O) groups is 2. The number of fused-ring (bicyclic) bond motifs is 1. The number of amides is 2. The Kier molecular flexibility index (Phi) is 5.64. The van der Waals surface area contributed by atoms with Crippen LogP contribution in [0, 0.1) is 0 Å². The van der Waals surface area contributed by atoms with Crippen LogP contribution in [0.2, 0.25) is 0 Å². The largest absolute Gasteiger partial charge is 0.493 e. The summed E-state index contributed by atoms with van der Waals surface area (Å²) in [7, 11) is 1.55. The van der Waals surface area contributed by atoms with E-state index in [1.54, 1.807) is 30.2 Å². The molecule has 0 radical (unpaired) electrons. The van der Waals surface area contributed by atoms with Gasteiger partial charge in [-0.3, -0.25) is 9.59 Å². The number of benzene rings is 2. The number of ether oxygens (including phenoxy) is 2. The highest BCUT2D eigenvalue weighted by Crippen LogP contribution is 2.31. The zero-order valence-corrected chi connectivity index (χ0v) is 15.8. The van der Waals surface area contributed by atoms with E-state index in [-0.39, 0.29) is 11.8 Å². The average Bonchev–Trinajstić information content (AvgIpc) is 2.68. The third-order valence-electron chi connectivity index (χ3n) is 4.69. The number of anilines is 1. The van der Waals surface area contributed by atoms with Crippen LogP contribution >= 0.6 is 0 Å². The van der Waals surface area contributed by atoms with Crippen molar-refractivity contribution >= 4 is 17.5 Å². The molecule has 0 saturated heterocycles. The maximum absolute atomic E-state index is 12.9. The summed E-state index contributed by atoms with van der Waals surface area (Å²) in [4.78, 5) is 26.6. The molecule has 1 N–H and O–H groups in total. The normalized spacial score (nSPS) is 15.7. The van der Waals surface area contributed by atoms with Gasteiger partial charge in [0.05, 0.1) is 13.7 Å². The highest BCUT2D eigenvalue weighted by molar-refractivity contribution is 5.97. The van der Waals surface area contributed by atoms with Crippen molar-refractivity contribution < 1.29 is 19.1 Å². The van der Waals surface area contributed by atoms with Gasteiger partial charge in [0.1, 0.15) is 6.04 Å². The predicted molar refractivity (Wildman–Crippen MR) is 103 cm³/mol. The van der Waals surface area contributed by atoms with Gasteiger partial charge in [0.25, 0.3) is 0 Å². The van der Waals surface area contributed by atoms with Crippen LogP contribution in [-0.4, -0.2) is 36.5 Å². The molecule has 0 saturated carbocycles. The van der Waals surface area contributed by atoms with Crippen molar-refractivity contribution in [2.75, 3.05) is 19.0 Å². The first-order chi connectivity index (χ1) is 13.0. The van der Waals surface area contributed by atoms with Crippen LogP contribution in [0.3, 0.4) is 0 Å². The topological polar surface area (TPSA) is 67.9 Å². The van der Waals surface area contributed by atoms with E-state index in [9.17, 15) is 9.59 Å². The van der Waals surface area contributed by atoms with Gasteiger partial charge in [0.2, 0.25) is 11.8 Å². The SMILES string of the molecule is CCOc1ccc(NC(=O)[C@@H]2Cc3ccccc3CN2C(C)=O)cc1OC. The first kappa shape index (κ1) is 18.8. The Bertz CT molecular complexity index is 850. The molecule has 1 aliphatic rings. The smallest absolute Gasteiger partial charge is 0.247 e. The molecule has 0 unspecified atom stereocenters. The Morgan fingerprint density at radius 2 is 1.89 bits per heavy atom. The molecule has 0 aromatic heterocycles. The quantitative estimate of drug-likeness (QED) is 0.881. The summed E-state index contributed by atoms with van der Waals surface area (Å²) in [5, 5.41) is 2.90. The second-order valence-electron chi connectivity index (χ2n) is 6.42. The molecule has 0 fully saturated rings. The van der Waals surface area contributed by atoms with Crippen molar-refractivity contribution in [1.29, 1.82) is 0 Å². The molecule has 0 aliphatic carbocycles. The zero-order valence-electron chi connectivity index (χ0n) is 15.8. The van der Waals surface area contributed by atoms with E-state index < -0.39 is 6.04 Å². The summed E-state index contributed by atoms with van der Waals surface area (Å²) in [6.07, 6.45) is 0.496. The molecule has 1 aliphatic heterocycles. The summed E-state index contributed by atoms with van der Waals surface area (Å²) < 4.78 is 10.8. The number of hydrogen-bond donors (Lipinski definition) is 1. The third kappa shape index (κ3) is 4.05. The lowest BCUT2D eigenvalue weighted by Crippen LogP contribution is -2.49. The Labute approximate surface area is 159 Å². The van der Waals surface area contributed by atoms with Crippen molar-refractivity contribution in [2.24, 2.45) is 0 Å². The molecule has 1 heterocycles. The van der Waals surface area contributed by atoms with Crippen LogP contribution in [0.4, 0.5) is 5.69 Å². The number of methoxy groups -OCH3 is 1. The van der Waals surface area contributed by atoms with Gasteiger partial charge in [0, 0.05) is 31.6 Å². The molecule has 3 rings (SSSR count). The van der Waals surface area contributed by atoms with Gasteiger partial charge >= 0.3 is 0 Å². The molecule has 27 heavy (non-hydrogen) atoms. The van der Waals surface area contributed by atoms with Crippen molar-refractivity contribution in [2.45, 2.75) is 32.9 Å². The molecule has 142 valence electrons. The van der Waals surface area contributed by atoms with Crippen molar-refractivity contribution in [3.05, 3.63) is 53.6 Å². The molecule has 1 atom stereocenters. The van der Waals surface area contributed by atoms with Crippen LogP contribution in [0.25, 0.3) is 0 Å². The Balaban J connectivity index is 1.81. The van der Waals surface area contributed by atoms with E-state index in [1.165, 1.54) is 6.92 Å². The van der Waals surface area contributed by atoms with Gasteiger partial charge in [-0.25, -0.2) is 0 Å². The van der Waals surface area contributed by atoms with Crippen LogP contribution in [-0.2, 0) is 22.6 Å². The number of nitrogens with one attached hydrogen (secondary N) is 1. The highest BCUT2D eigenvalue weighted by atomic mass is 16.5. The standard InChI is InChI=1S/C21H24N2O4/c1-4-27-19-10-9-17(12-20(19)26-3)22-21(25)18-11-15-7-5-6-8-16(15)13-23(18)14(2)24/h5-10,12,18H,4,11,13H2,1-3H3,(H,22,25)/t18-/m0/s1. The highest BCUT2D eigenvalue weighted by Gasteiger charge is 2.33. The van der Waals surface area contributed by atoms with Crippen LogP contribution in [0.5, 0.6) is 11.5 Å². The van der Waals surface area contributed by atoms with Gasteiger partial charge < -0.3 is 19.7 Å². The number of nitrogens with zero attached hydrogens (tertiary/aromatic N) is 1.